The van der Waals surface area contributed by atoms with Crippen LogP contribution < -0.4 is 20.7 Å². The van der Waals surface area contributed by atoms with E-state index in [9.17, 15) is 9.90 Å². The minimum Gasteiger partial charge on any atom is -0.431 e. The number of alkyl halides is 1. The lowest BCUT2D eigenvalue weighted by molar-refractivity contribution is -0.226. The maximum atomic E-state index is 16.1. The third kappa shape index (κ3) is 5.98. The zero-order valence-corrected chi connectivity index (χ0v) is 28.8. The van der Waals surface area contributed by atoms with Crippen LogP contribution >= 0.6 is 0 Å². The molecule has 4 aromatic rings. The van der Waals surface area contributed by atoms with Gasteiger partial charge in [0, 0.05) is 0 Å². The van der Waals surface area contributed by atoms with Crippen LogP contribution in [0.25, 0.3) is 0 Å². The Balaban J connectivity index is 1.64. The highest BCUT2D eigenvalue weighted by atomic mass is 28.4. The lowest BCUT2D eigenvalue weighted by Gasteiger charge is -2.50. The second-order valence-electron chi connectivity index (χ2n) is 13.7. The van der Waals surface area contributed by atoms with Crippen LogP contribution in [0.2, 0.25) is 10.1 Å². The van der Waals surface area contributed by atoms with E-state index in [2.05, 4.69) is 41.5 Å². The van der Waals surface area contributed by atoms with Crippen LogP contribution in [0.5, 0.6) is 0 Å². The third-order valence-electron chi connectivity index (χ3n) is 8.80. The van der Waals surface area contributed by atoms with Crippen LogP contribution in [-0.2, 0) is 18.4 Å². The highest BCUT2D eigenvalue weighted by Crippen LogP contribution is 2.42. The van der Waals surface area contributed by atoms with Gasteiger partial charge in [-0.3, -0.25) is 0 Å². The summed E-state index contributed by atoms with van der Waals surface area (Å²) in [5.41, 5.74) is 0. The van der Waals surface area contributed by atoms with Crippen molar-refractivity contribution >= 4 is 43.4 Å². The quantitative estimate of drug-likeness (QED) is 0.214. The first-order valence-electron chi connectivity index (χ1n) is 15.4. The molecule has 0 aliphatic carbocycles. The molecule has 8 heteroatoms. The van der Waals surface area contributed by atoms with E-state index in [1.807, 2.05) is 121 Å². The van der Waals surface area contributed by atoms with Crippen molar-refractivity contribution in [3.05, 3.63) is 121 Å². The predicted octanol–water partition coefficient (Wildman–Crippen LogP) is 5.09. The van der Waals surface area contributed by atoms with Crippen molar-refractivity contribution in [1.82, 2.24) is 0 Å². The third-order valence-corrected chi connectivity index (χ3v) is 18.8. The molecule has 4 atom stereocenters. The van der Waals surface area contributed by atoms with Gasteiger partial charge in [0.25, 0.3) is 16.6 Å². The van der Waals surface area contributed by atoms with Crippen molar-refractivity contribution < 1.29 is 27.9 Å². The van der Waals surface area contributed by atoms with E-state index in [0.717, 1.165) is 20.7 Å². The van der Waals surface area contributed by atoms with Crippen LogP contribution in [0, 0.1) is 0 Å². The van der Waals surface area contributed by atoms with Crippen LogP contribution in [0.3, 0.4) is 0 Å². The normalized spacial score (nSPS) is 21.3. The highest BCUT2D eigenvalue weighted by molar-refractivity contribution is 7.00. The Labute approximate surface area is 268 Å². The van der Waals surface area contributed by atoms with Crippen molar-refractivity contribution in [2.45, 2.75) is 76.3 Å². The summed E-state index contributed by atoms with van der Waals surface area (Å²) in [6.45, 7) is 12.5. The first kappa shape index (κ1) is 33.0. The summed E-state index contributed by atoms with van der Waals surface area (Å²) in [7, 11) is -6.64. The van der Waals surface area contributed by atoms with Crippen molar-refractivity contribution in [2.24, 2.45) is 0 Å². The van der Waals surface area contributed by atoms with Gasteiger partial charge in [-0.1, -0.05) is 163 Å². The molecule has 0 saturated carbocycles. The van der Waals surface area contributed by atoms with Crippen molar-refractivity contribution in [3.8, 4) is 0 Å². The molecule has 0 radical (unpaired) electrons. The van der Waals surface area contributed by atoms with Crippen LogP contribution in [0.1, 0.15) is 41.5 Å². The van der Waals surface area contributed by atoms with Gasteiger partial charge in [-0.15, -0.1) is 0 Å². The molecule has 5 nitrogen and oxygen atoms in total. The summed E-state index contributed by atoms with van der Waals surface area (Å²) in [6, 6.07) is 39.2. The molecule has 1 heterocycles. The van der Waals surface area contributed by atoms with Crippen molar-refractivity contribution in [3.63, 3.8) is 0 Å². The van der Waals surface area contributed by atoms with Gasteiger partial charge in [-0.2, -0.15) is 0 Å². The van der Waals surface area contributed by atoms with E-state index in [0.29, 0.717) is 0 Å². The molecular weight excluding hydrogens is 600 g/mol. The minimum atomic E-state index is -3.35. The molecule has 1 aliphatic rings. The van der Waals surface area contributed by atoms with Crippen LogP contribution in [0.15, 0.2) is 121 Å². The van der Waals surface area contributed by atoms with Gasteiger partial charge in [0.05, 0.1) is 0 Å². The monoisotopic (exact) mass is 642 g/mol. The number of hydrogen-bond donors (Lipinski definition) is 1. The molecule has 5 rings (SSSR count). The molecule has 0 bridgehead atoms. The molecule has 1 unspecified atom stereocenters. The molecule has 4 aromatic carbocycles. The van der Waals surface area contributed by atoms with Crippen LogP contribution in [0.4, 0.5) is 4.39 Å². The average molecular weight is 643 g/mol. The van der Waals surface area contributed by atoms with Gasteiger partial charge in [-0.25, -0.2) is 9.18 Å². The number of esters is 1. The molecule has 1 aliphatic heterocycles. The topological polar surface area (TPSA) is 65.0 Å². The summed E-state index contributed by atoms with van der Waals surface area (Å²) < 4.78 is 35.8. The Kier molecular flexibility index (Phi) is 9.36. The number of ether oxygens (including phenoxy) is 1. The average Bonchev–Trinajstić information content (AvgIpc) is 3.03. The summed E-state index contributed by atoms with van der Waals surface area (Å²) in [4.78, 5) is 13.3. The van der Waals surface area contributed by atoms with E-state index < -0.39 is 57.4 Å². The summed E-state index contributed by atoms with van der Waals surface area (Å²) in [5, 5.41) is 14.8. The number of hydrogen-bond acceptors (Lipinski definition) is 5. The van der Waals surface area contributed by atoms with E-state index in [4.69, 9.17) is 13.6 Å². The fourth-order valence-electron chi connectivity index (χ4n) is 6.70. The Morgan fingerprint density at radius 3 is 1.22 bits per heavy atom. The summed E-state index contributed by atoms with van der Waals surface area (Å²) >= 11 is 0. The Hall–Kier alpha value is -3.41. The minimum absolute atomic E-state index is 0.469. The number of aliphatic hydroxyl groups excluding tert-OH is 1. The first-order valence-corrected chi connectivity index (χ1v) is 19.2. The van der Waals surface area contributed by atoms with E-state index in [-0.39, 0.29) is 0 Å². The van der Waals surface area contributed by atoms with Gasteiger partial charge >= 0.3 is 5.97 Å². The number of rotatable bonds is 8. The number of carbonyl (C=O) groups excluding carboxylic acids is 1. The molecule has 1 N–H and O–H groups in total. The van der Waals surface area contributed by atoms with Crippen LogP contribution in [-0.4, -0.2) is 52.4 Å². The van der Waals surface area contributed by atoms with Gasteiger partial charge in [0.15, 0.2) is 0 Å². The Morgan fingerprint density at radius 2 is 0.911 bits per heavy atom. The number of aliphatic hydroxyl groups is 1. The molecule has 0 aromatic heterocycles. The zero-order chi connectivity index (χ0) is 32.5. The van der Waals surface area contributed by atoms with Gasteiger partial charge < -0.3 is 18.7 Å². The standard InChI is InChI=1S/C37H43FO5Si2/c1-36(2,3)44(27-19-11-7-12-20-27,28-21-13-8-14-22-28)42-33-31(38)34(40)41-35(32(33)39)43-45(37(4,5)6,29-23-15-9-16-24-29)30-25-17-10-18-26-30/h7-26,31-33,35,39H,1-6H3/t31-,32+,33+,35?/m1/s1. The highest BCUT2D eigenvalue weighted by Gasteiger charge is 2.60. The number of benzene rings is 4. The predicted molar refractivity (Wildman–Crippen MR) is 182 cm³/mol. The number of halogens is 1. The second kappa shape index (κ2) is 12.8. The fraction of sp³-hybridized carbons (Fsp3) is 0.324. The van der Waals surface area contributed by atoms with Crippen molar-refractivity contribution in [2.75, 3.05) is 0 Å². The van der Waals surface area contributed by atoms with E-state index >= 15 is 4.39 Å². The lowest BCUT2D eigenvalue weighted by atomic mass is 10.1. The molecule has 236 valence electrons. The maximum Gasteiger partial charge on any atom is 0.345 e. The number of cyclic esters (lactones) is 1. The van der Waals surface area contributed by atoms with Gasteiger partial charge in [0.1, 0.15) is 12.2 Å². The van der Waals surface area contributed by atoms with Gasteiger partial charge in [0.2, 0.25) is 12.5 Å². The summed E-state index contributed by atoms with van der Waals surface area (Å²) in [5.74, 6) is -1.11. The zero-order valence-electron chi connectivity index (χ0n) is 26.8. The maximum absolute atomic E-state index is 16.1. The van der Waals surface area contributed by atoms with Crippen molar-refractivity contribution in [1.29, 1.82) is 0 Å². The van der Waals surface area contributed by atoms with Gasteiger partial charge in [-0.05, 0) is 30.8 Å². The van der Waals surface area contributed by atoms with E-state index in [1.165, 1.54) is 0 Å². The molecule has 1 saturated heterocycles. The molecule has 0 amide bonds. The molecule has 45 heavy (non-hydrogen) atoms. The lowest BCUT2D eigenvalue weighted by Crippen LogP contribution is -2.73. The molecule has 1 fully saturated rings. The SMILES string of the molecule is CC(C)(C)[Si](OC1OC(=O)[C@H](F)[C@H](O[Si](c2ccccc2)(c2ccccc2)C(C)(C)C)[C@@H]1O)(c1ccccc1)c1ccccc1. The molecule has 0 spiro atoms. The summed E-state index contributed by atoms with van der Waals surface area (Å²) in [6.07, 6.45) is -6.79. The second-order valence-corrected chi connectivity index (χ2v) is 22.2. The molecular formula is C37H43FO5Si2. The Morgan fingerprint density at radius 1 is 0.600 bits per heavy atom. The first-order chi connectivity index (χ1) is 21.3. The van der Waals surface area contributed by atoms with E-state index in [1.54, 1.807) is 0 Å². The largest absolute Gasteiger partial charge is 0.431 e. The number of carbonyl (C=O) groups is 1. The Bertz CT molecular complexity index is 1480. The fourth-order valence-corrected chi connectivity index (χ4v) is 15.9. The smallest absolute Gasteiger partial charge is 0.345 e.